The number of hydrogen-bond acceptors (Lipinski definition) is 3. The van der Waals surface area contributed by atoms with Crippen LogP contribution in [0.15, 0.2) is 47.4 Å². The fourth-order valence-electron chi connectivity index (χ4n) is 3.62. The van der Waals surface area contributed by atoms with Gasteiger partial charge in [-0.05, 0) is 52.1 Å². The van der Waals surface area contributed by atoms with Gasteiger partial charge in [0, 0.05) is 0 Å². The van der Waals surface area contributed by atoms with E-state index in [0.717, 1.165) is 16.7 Å². The van der Waals surface area contributed by atoms with Crippen molar-refractivity contribution in [2.75, 3.05) is 10.9 Å². The summed E-state index contributed by atoms with van der Waals surface area (Å²) >= 11 is 0. The number of hydrogen-bond donors (Lipinski definition) is 1. The molecule has 0 aromatic heterocycles. The van der Waals surface area contributed by atoms with Gasteiger partial charge >= 0.3 is 0 Å². The molecule has 0 amide bonds. The summed E-state index contributed by atoms with van der Waals surface area (Å²) in [6, 6.07) is 12.7. The average molecular weight is 402 g/mol. The third kappa shape index (κ3) is 3.70. The molecule has 5 heteroatoms. The van der Waals surface area contributed by atoms with E-state index < -0.39 is 16.1 Å². The summed E-state index contributed by atoms with van der Waals surface area (Å²) in [6.07, 6.45) is 0.525. The fraction of sp³-hybridized carbons (Fsp3) is 0.478. The van der Waals surface area contributed by atoms with E-state index in [1.54, 1.807) is 12.1 Å². The van der Waals surface area contributed by atoms with E-state index in [2.05, 4.69) is 47.6 Å². The lowest BCUT2D eigenvalue weighted by molar-refractivity contribution is 0.270. The van der Waals surface area contributed by atoms with Crippen LogP contribution in [-0.2, 0) is 27.3 Å². The first-order valence-electron chi connectivity index (χ1n) is 9.75. The van der Waals surface area contributed by atoms with Gasteiger partial charge in [0.25, 0.3) is 10.0 Å². The van der Waals surface area contributed by atoms with Crippen molar-refractivity contribution in [3.8, 4) is 0 Å². The molecule has 28 heavy (non-hydrogen) atoms. The Kier molecular flexibility index (Phi) is 5.13. The molecule has 0 fully saturated rings. The van der Waals surface area contributed by atoms with Crippen molar-refractivity contribution < 1.29 is 13.5 Å². The van der Waals surface area contributed by atoms with Gasteiger partial charge in [0.1, 0.15) is 0 Å². The Hall–Kier alpha value is -1.85. The molecule has 1 heterocycles. The third-order valence-corrected chi connectivity index (χ3v) is 7.27. The zero-order valence-corrected chi connectivity index (χ0v) is 18.5. The second kappa shape index (κ2) is 6.89. The minimum Gasteiger partial charge on any atom is -0.394 e. The highest BCUT2D eigenvalue weighted by molar-refractivity contribution is 7.92. The topological polar surface area (TPSA) is 57.6 Å². The van der Waals surface area contributed by atoms with Gasteiger partial charge < -0.3 is 5.11 Å². The summed E-state index contributed by atoms with van der Waals surface area (Å²) < 4.78 is 28.9. The molecule has 2 aromatic carbocycles. The highest BCUT2D eigenvalue weighted by Gasteiger charge is 2.38. The number of aliphatic hydroxyl groups is 1. The molecule has 0 unspecified atom stereocenters. The van der Waals surface area contributed by atoms with Crippen LogP contribution in [0.4, 0.5) is 5.69 Å². The Morgan fingerprint density at radius 3 is 2.00 bits per heavy atom. The SMILES string of the molecule is CC(C)(C)c1cc(C(C)(C)C)cc(S(=O)(=O)N2c3ccccc3C[C@H]2CO)c1. The molecule has 0 bridgehead atoms. The lowest BCUT2D eigenvalue weighted by Crippen LogP contribution is -2.40. The lowest BCUT2D eigenvalue weighted by atomic mass is 9.81. The molecular formula is C23H31NO3S. The van der Waals surface area contributed by atoms with Gasteiger partial charge in [0.2, 0.25) is 0 Å². The first kappa shape index (κ1) is 20.9. The summed E-state index contributed by atoms with van der Waals surface area (Å²) in [7, 11) is -3.81. The van der Waals surface area contributed by atoms with Crippen molar-refractivity contribution >= 4 is 15.7 Å². The Morgan fingerprint density at radius 1 is 0.964 bits per heavy atom. The Bertz CT molecular complexity index is 949. The van der Waals surface area contributed by atoms with Crippen molar-refractivity contribution in [2.24, 2.45) is 0 Å². The van der Waals surface area contributed by atoms with Gasteiger partial charge in [-0.3, -0.25) is 4.31 Å². The Balaban J connectivity index is 2.22. The van der Waals surface area contributed by atoms with E-state index in [0.29, 0.717) is 17.0 Å². The van der Waals surface area contributed by atoms with E-state index in [4.69, 9.17) is 0 Å². The molecular weight excluding hydrogens is 370 g/mol. The molecule has 152 valence electrons. The molecule has 4 nitrogen and oxygen atoms in total. The summed E-state index contributed by atoms with van der Waals surface area (Å²) in [5, 5.41) is 9.88. The van der Waals surface area contributed by atoms with Crippen molar-refractivity contribution in [3.63, 3.8) is 0 Å². The molecule has 2 aromatic rings. The van der Waals surface area contributed by atoms with E-state index in [-0.39, 0.29) is 17.4 Å². The number of aliphatic hydroxyl groups excluding tert-OH is 1. The second-order valence-corrected chi connectivity index (χ2v) is 11.5. The monoisotopic (exact) mass is 401 g/mol. The second-order valence-electron chi connectivity index (χ2n) is 9.72. The standard InChI is InChI=1S/C23H31NO3S/c1-22(2,3)17-12-18(23(4,5)6)14-20(13-17)28(26,27)24-19(15-25)11-16-9-7-8-10-21(16)24/h7-10,12-14,19,25H,11,15H2,1-6H3/t19-/m0/s1. The zero-order valence-electron chi connectivity index (χ0n) is 17.7. The quantitative estimate of drug-likeness (QED) is 0.830. The van der Waals surface area contributed by atoms with Gasteiger partial charge in [0.15, 0.2) is 0 Å². The van der Waals surface area contributed by atoms with E-state index in [1.165, 1.54) is 4.31 Å². The molecule has 1 aliphatic rings. The van der Waals surface area contributed by atoms with E-state index in [1.807, 2.05) is 24.3 Å². The number of nitrogens with zero attached hydrogens (tertiary/aromatic N) is 1. The molecule has 0 saturated carbocycles. The van der Waals surface area contributed by atoms with Gasteiger partial charge in [-0.2, -0.15) is 0 Å². The first-order chi connectivity index (χ1) is 12.9. The van der Waals surface area contributed by atoms with E-state index in [9.17, 15) is 13.5 Å². The van der Waals surface area contributed by atoms with Crippen LogP contribution >= 0.6 is 0 Å². The van der Waals surface area contributed by atoms with Crippen LogP contribution in [0.25, 0.3) is 0 Å². The van der Waals surface area contributed by atoms with Gasteiger partial charge in [-0.15, -0.1) is 0 Å². The maximum absolute atomic E-state index is 13.7. The normalized spacial score (nSPS) is 17.7. The van der Waals surface area contributed by atoms with Gasteiger partial charge in [-0.1, -0.05) is 65.8 Å². The first-order valence-corrected chi connectivity index (χ1v) is 11.2. The predicted molar refractivity (Wildman–Crippen MR) is 115 cm³/mol. The summed E-state index contributed by atoms with van der Waals surface area (Å²) in [6.45, 7) is 12.3. The maximum atomic E-state index is 13.7. The molecule has 1 N–H and O–H groups in total. The van der Waals surface area contributed by atoms with Crippen molar-refractivity contribution in [1.82, 2.24) is 0 Å². The van der Waals surface area contributed by atoms with Crippen LogP contribution in [0.3, 0.4) is 0 Å². The summed E-state index contributed by atoms with van der Waals surface area (Å²) in [5.41, 5.74) is 3.25. The fourth-order valence-corrected chi connectivity index (χ4v) is 5.37. The molecule has 0 spiro atoms. The van der Waals surface area contributed by atoms with Crippen LogP contribution in [0, 0.1) is 0 Å². The van der Waals surface area contributed by atoms with Crippen molar-refractivity contribution in [1.29, 1.82) is 0 Å². The highest BCUT2D eigenvalue weighted by Crippen LogP contribution is 2.38. The van der Waals surface area contributed by atoms with E-state index >= 15 is 0 Å². The number of fused-ring (bicyclic) bond motifs is 1. The Morgan fingerprint density at radius 2 is 1.50 bits per heavy atom. The predicted octanol–water partition coefficient (Wildman–Crippen LogP) is 4.39. The van der Waals surface area contributed by atoms with Crippen LogP contribution < -0.4 is 4.31 Å². The number of sulfonamides is 1. The Labute approximate surface area is 169 Å². The molecule has 0 aliphatic carbocycles. The third-order valence-electron chi connectivity index (χ3n) is 5.42. The van der Waals surface area contributed by atoms with Crippen molar-refractivity contribution in [3.05, 3.63) is 59.2 Å². The number of benzene rings is 2. The smallest absolute Gasteiger partial charge is 0.264 e. The maximum Gasteiger partial charge on any atom is 0.264 e. The van der Waals surface area contributed by atoms with Crippen LogP contribution in [0.2, 0.25) is 0 Å². The molecule has 3 rings (SSSR count). The zero-order chi connectivity index (χ0) is 20.9. The summed E-state index contributed by atoms with van der Waals surface area (Å²) in [4.78, 5) is 0.292. The van der Waals surface area contributed by atoms with Gasteiger partial charge in [-0.25, -0.2) is 8.42 Å². The largest absolute Gasteiger partial charge is 0.394 e. The average Bonchev–Trinajstić information content (AvgIpc) is 2.99. The number of para-hydroxylation sites is 1. The molecule has 1 aliphatic heterocycles. The molecule has 0 saturated heterocycles. The summed E-state index contributed by atoms with van der Waals surface area (Å²) in [5.74, 6) is 0. The minimum absolute atomic E-state index is 0.176. The number of anilines is 1. The van der Waals surface area contributed by atoms with Crippen LogP contribution in [-0.4, -0.2) is 26.2 Å². The highest BCUT2D eigenvalue weighted by atomic mass is 32.2. The van der Waals surface area contributed by atoms with Crippen LogP contribution in [0.1, 0.15) is 58.2 Å². The molecule has 1 atom stereocenters. The lowest BCUT2D eigenvalue weighted by Gasteiger charge is -2.29. The molecule has 0 radical (unpaired) electrons. The van der Waals surface area contributed by atoms with Crippen LogP contribution in [0.5, 0.6) is 0 Å². The van der Waals surface area contributed by atoms with Crippen molar-refractivity contribution in [2.45, 2.75) is 69.7 Å². The number of rotatable bonds is 3. The van der Waals surface area contributed by atoms with Gasteiger partial charge in [0.05, 0.1) is 23.2 Å². The minimum atomic E-state index is -3.81.